The molecule has 3 nitrogen and oxygen atoms in total. The Kier molecular flexibility index (Phi) is 4.28. The van der Waals surface area contributed by atoms with Gasteiger partial charge in [-0.05, 0) is 41.6 Å². The Hall–Kier alpha value is -1.32. The number of hydrogen-bond acceptors (Lipinski definition) is 2. The molecule has 0 radical (unpaired) electrons. The first kappa shape index (κ1) is 15.6. The van der Waals surface area contributed by atoms with Gasteiger partial charge in [-0.25, -0.2) is 0 Å². The molecule has 0 atom stereocenters. The summed E-state index contributed by atoms with van der Waals surface area (Å²) in [6.07, 6.45) is 2.24. The van der Waals surface area contributed by atoms with Crippen molar-refractivity contribution in [1.29, 1.82) is 0 Å². The summed E-state index contributed by atoms with van der Waals surface area (Å²) in [7, 11) is 2.21. The van der Waals surface area contributed by atoms with E-state index in [1.54, 1.807) is 0 Å². The van der Waals surface area contributed by atoms with Crippen LogP contribution in [-0.2, 0) is 12.0 Å². The number of fused-ring (bicyclic) bond motifs is 1. The monoisotopic (exact) mass is 299 g/mol. The number of likely N-dealkylation sites (N-methyl/N-ethyl adjacent to an activating group) is 1. The van der Waals surface area contributed by atoms with Crippen LogP contribution in [0, 0.1) is 0 Å². The van der Waals surface area contributed by atoms with E-state index in [1.165, 1.54) is 42.6 Å². The number of piperazine rings is 1. The zero-order valence-corrected chi connectivity index (χ0v) is 14.5. The van der Waals surface area contributed by atoms with E-state index >= 15 is 0 Å². The first-order valence-electron chi connectivity index (χ1n) is 8.44. The lowest BCUT2D eigenvalue weighted by atomic mass is 9.86. The molecule has 0 aliphatic carbocycles. The van der Waals surface area contributed by atoms with Crippen molar-refractivity contribution in [3.05, 3.63) is 36.0 Å². The third-order valence-corrected chi connectivity index (χ3v) is 4.89. The maximum Gasteiger partial charge on any atom is 0.0480 e. The van der Waals surface area contributed by atoms with Crippen molar-refractivity contribution in [3.8, 4) is 0 Å². The molecule has 1 fully saturated rings. The fourth-order valence-electron chi connectivity index (χ4n) is 3.18. The predicted molar refractivity (Wildman–Crippen MR) is 94.6 cm³/mol. The van der Waals surface area contributed by atoms with Gasteiger partial charge < -0.3 is 9.47 Å². The lowest BCUT2D eigenvalue weighted by Crippen LogP contribution is -2.45. The van der Waals surface area contributed by atoms with Crippen LogP contribution in [0.1, 0.15) is 26.3 Å². The summed E-state index contributed by atoms with van der Waals surface area (Å²) >= 11 is 0. The Morgan fingerprint density at radius 1 is 0.955 bits per heavy atom. The molecule has 0 N–H and O–H groups in total. The quantitative estimate of drug-likeness (QED) is 0.862. The largest absolute Gasteiger partial charge is 0.346 e. The molecule has 3 rings (SSSR count). The zero-order valence-electron chi connectivity index (χ0n) is 14.5. The van der Waals surface area contributed by atoms with Crippen molar-refractivity contribution in [2.45, 2.75) is 32.7 Å². The van der Waals surface area contributed by atoms with Gasteiger partial charge in [-0.2, -0.15) is 0 Å². The molecule has 2 aromatic rings. The summed E-state index contributed by atoms with van der Waals surface area (Å²) in [5, 5.41) is 1.37. The van der Waals surface area contributed by atoms with Crippen LogP contribution in [0.4, 0.5) is 0 Å². The molecule has 0 spiro atoms. The van der Waals surface area contributed by atoms with Gasteiger partial charge in [0.05, 0.1) is 0 Å². The minimum atomic E-state index is 0.218. The second-order valence-corrected chi connectivity index (χ2v) is 7.68. The summed E-state index contributed by atoms with van der Waals surface area (Å²) in [5.41, 5.74) is 3.00. The first-order valence-corrected chi connectivity index (χ1v) is 8.44. The average Bonchev–Trinajstić information content (AvgIpc) is 2.88. The Morgan fingerprint density at radius 3 is 2.36 bits per heavy atom. The molecule has 1 aromatic heterocycles. The van der Waals surface area contributed by atoms with Crippen LogP contribution in [0.15, 0.2) is 30.5 Å². The van der Waals surface area contributed by atoms with Crippen LogP contribution in [0.2, 0.25) is 0 Å². The lowest BCUT2D eigenvalue weighted by molar-refractivity contribution is 0.150. The van der Waals surface area contributed by atoms with Gasteiger partial charge in [0, 0.05) is 51.0 Å². The molecule has 3 heteroatoms. The second kappa shape index (κ2) is 6.05. The van der Waals surface area contributed by atoms with E-state index in [4.69, 9.17) is 0 Å². The normalized spacial score (nSPS) is 18.2. The van der Waals surface area contributed by atoms with Crippen molar-refractivity contribution in [2.75, 3.05) is 39.8 Å². The minimum absolute atomic E-state index is 0.218. The fourth-order valence-corrected chi connectivity index (χ4v) is 3.18. The highest BCUT2D eigenvalue weighted by atomic mass is 15.2. The standard InChI is InChI=1S/C19H29N3/c1-19(2,3)17-5-6-18-16(15-17)7-8-22(18)14-13-21-11-9-20(4)10-12-21/h5-8,15H,9-14H2,1-4H3. The highest BCUT2D eigenvalue weighted by Crippen LogP contribution is 2.26. The van der Waals surface area contributed by atoms with Crippen LogP contribution in [0.5, 0.6) is 0 Å². The van der Waals surface area contributed by atoms with Gasteiger partial charge in [-0.15, -0.1) is 0 Å². The van der Waals surface area contributed by atoms with E-state index in [0.29, 0.717) is 0 Å². The van der Waals surface area contributed by atoms with Gasteiger partial charge in [0.15, 0.2) is 0 Å². The topological polar surface area (TPSA) is 11.4 Å². The Labute approximate surface area is 134 Å². The number of rotatable bonds is 3. The third kappa shape index (κ3) is 3.36. The number of aromatic nitrogens is 1. The minimum Gasteiger partial charge on any atom is -0.346 e. The van der Waals surface area contributed by atoms with E-state index < -0.39 is 0 Å². The third-order valence-electron chi connectivity index (χ3n) is 4.89. The van der Waals surface area contributed by atoms with Crippen molar-refractivity contribution < 1.29 is 0 Å². The van der Waals surface area contributed by atoms with Crippen LogP contribution in [0.3, 0.4) is 0 Å². The maximum atomic E-state index is 2.58. The maximum absolute atomic E-state index is 2.58. The fraction of sp³-hybridized carbons (Fsp3) is 0.579. The molecule has 0 saturated carbocycles. The molecule has 0 bridgehead atoms. The molecular formula is C19H29N3. The van der Waals surface area contributed by atoms with Gasteiger partial charge in [-0.3, -0.25) is 4.90 Å². The molecule has 1 aliphatic rings. The van der Waals surface area contributed by atoms with Crippen LogP contribution >= 0.6 is 0 Å². The Morgan fingerprint density at radius 2 is 1.68 bits per heavy atom. The lowest BCUT2D eigenvalue weighted by Gasteiger charge is -2.32. The van der Waals surface area contributed by atoms with Gasteiger partial charge in [-0.1, -0.05) is 26.8 Å². The summed E-state index contributed by atoms with van der Waals surface area (Å²) in [6, 6.07) is 9.19. The van der Waals surface area contributed by atoms with Crippen molar-refractivity contribution in [1.82, 2.24) is 14.4 Å². The molecular weight excluding hydrogens is 270 g/mol. The molecule has 0 unspecified atom stereocenters. The van der Waals surface area contributed by atoms with Gasteiger partial charge >= 0.3 is 0 Å². The summed E-state index contributed by atoms with van der Waals surface area (Å²) < 4.78 is 2.40. The van der Waals surface area contributed by atoms with E-state index in [2.05, 4.69) is 72.6 Å². The van der Waals surface area contributed by atoms with Gasteiger partial charge in [0.25, 0.3) is 0 Å². The smallest absolute Gasteiger partial charge is 0.0480 e. The molecule has 2 heterocycles. The highest BCUT2D eigenvalue weighted by molar-refractivity contribution is 5.81. The Bertz CT molecular complexity index is 628. The SMILES string of the molecule is CN1CCN(CCn2ccc3cc(C(C)(C)C)ccc32)CC1. The zero-order chi connectivity index (χ0) is 15.7. The molecule has 1 saturated heterocycles. The number of nitrogens with zero attached hydrogens (tertiary/aromatic N) is 3. The number of benzene rings is 1. The highest BCUT2D eigenvalue weighted by Gasteiger charge is 2.16. The Balaban J connectivity index is 1.70. The van der Waals surface area contributed by atoms with E-state index in [0.717, 1.165) is 13.1 Å². The first-order chi connectivity index (χ1) is 10.4. The molecule has 1 aromatic carbocycles. The van der Waals surface area contributed by atoms with Crippen LogP contribution < -0.4 is 0 Å². The summed E-state index contributed by atoms with van der Waals surface area (Å²) in [5.74, 6) is 0. The number of hydrogen-bond donors (Lipinski definition) is 0. The molecule has 22 heavy (non-hydrogen) atoms. The van der Waals surface area contributed by atoms with E-state index in [1.807, 2.05) is 0 Å². The average molecular weight is 299 g/mol. The summed E-state index contributed by atoms with van der Waals surface area (Å²) in [4.78, 5) is 4.99. The molecule has 0 amide bonds. The second-order valence-electron chi connectivity index (χ2n) is 7.68. The van der Waals surface area contributed by atoms with Crippen LogP contribution in [-0.4, -0.2) is 54.1 Å². The van der Waals surface area contributed by atoms with Crippen molar-refractivity contribution in [2.24, 2.45) is 0 Å². The summed E-state index contributed by atoms with van der Waals surface area (Å²) in [6.45, 7) is 13.9. The van der Waals surface area contributed by atoms with Gasteiger partial charge in [0.1, 0.15) is 0 Å². The van der Waals surface area contributed by atoms with E-state index in [-0.39, 0.29) is 5.41 Å². The van der Waals surface area contributed by atoms with Crippen molar-refractivity contribution >= 4 is 10.9 Å². The van der Waals surface area contributed by atoms with Gasteiger partial charge in [0.2, 0.25) is 0 Å². The van der Waals surface area contributed by atoms with E-state index in [9.17, 15) is 0 Å². The van der Waals surface area contributed by atoms with Crippen molar-refractivity contribution in [3.63, 3.8) is 0 Å². The van der Waals surface area contributed by atoms with Crippen LogP contribution in [0.25, 0.3) is 10.9 Å². The molecule has 1 aliphatic heterocycles. The predicted octanol–water partition coefficient (Wildman–Crippen LogP) is 3.19. The molecule has 120 valence electrons.